The van der Waals surface area contributed by atoms with Gasteiger partial charge in [0.2, 0.25) is 11.9 Å². The lowest BCUT2D eigenvalue weighted by Gasteiger charge is -2.36. The van der Waals surface area contributed by atoms with E-state index in [4.69, 9.17) is 10.5 Å². The van der Waals surface area contributed by atoms with E-state index in [-0.39, 0.29) is 23.7 Å². The Bertz CT molecular complexity index is 1090. The standard InChI is InChI=1S/C25H27FN4O2/c1-32-20-11-8-17(9-12-20)10-13-23(31)30-14-3-2-7-22(30)24-21(16-28-25(27)29-24)18-5-4-6-19(26)15-18/h4-6,8-9,11-12,15-16,22H,2-3,7,10,13-14H2,1H3,(H2,27,28,29). The minimum Gasteiger partial charge on any atom is -0.497 e. The van der Waals surface area contributed by atoms with E-state index in [0.717, 1.165) is 30.6 Å². The summed E-state index contributed by atoms with van der Waals surface area (Å²) < 4.78 is 19.1. The highest BCUT2D eigenvalue weighted by Crippen LogP contribution is 2.36. The number of methoxy groups -OCH3 is 1. The summed E-state index contributed by atoms with van der Waals surface area (Å²) in [6, 6.07) is 13.9. The summed E-state index contributed by atoms with van der Waals surface area (Å²) in [5.41, 5.74) is 9.06. The number of nitrogens with zero attached hydrogens (tertiary/aromatic N) is 3. The van der Waals surface area contributed by atoms with Crippen LogP contribution in [0.25, 0.3) is 11.1 Å². The maximum atomic E-state index is 13.9. The van der Waals surface area contributed by atoms with Gasteiger partial charge in [0.05, 0.1) is 18.8 Å². The maximum Gasteiger partial charge on any atom is 0.223 e. The number of benzene rings is 2. The van der Waals surface area contributed by atoms with Crippen molar-refractivity contribution in [2.24, 2.45) is 0 Å². The predicted molar refractivity (Wildman–Crippen MR) is 121 cm³/mol. The fourth-order valence-corrected chi connectivity index (χ4v) is 4.24. The minimum atomic E-state index is -0.332. The highest BCUT2D eigenvalue weighted by atomic mass is 19.1. The number of nitrogen functional groups attached to an aromatic ring is 1. The number of rotatable bonds is 6. The molecule has 1 aromatic heterocycles. The number of anilines is 1. The van der Waals surface area contributed by atoms with Crippen LogP contribution >= 0.6 is 0 Å². The molecule has 0 saturated carbocycles. The molecule has 32 heavy (non-hydrogen) atoms. The highest BCUT2D eigenvalue weighted by Gasteiger charge is 2.31. The van der Waals surface area contributed by atoms with Gasteiger partial charge in [-0.1, -0.05) is 24.3 Å². The Morgan fingerprint density at radius 1 is 1.22 bits per heavy atom. The topological polar surface area (TPSA) is 81.3 Å². The van der Waals surface area contributed by atoms with Gasteiger partial charge in [-0.2, -0.15) is 0 Å². The molecule has 166 valence electrons. The molecule has 7 heteroatoms. The van der Waals surface area contributed by atoms with Crippen molar-refractivity contribution in [1.29, 1.82) is 0 Å². The average molecular weight is 435 g/mol. The highest BCUT2D eigenvalue weighted by molar-refractivity contribution is 5.78. The second-order valence-corrected chi connectivity index (χ2v) is 7.98. The van der Waals surface area contributed by atoms with Gasteiger partial charge in [0.1, 0.15) is 11.6 Å². The molecular formula is C25H27FN4O2. The van der Waals surface area contributed by atoms with Gasteiger partial charge in [-0.25, -0.2) is 14.4 Å². The van der Waals surface area contributed by atoms with Crippen LogP contribution in [0.2, 0.25) is 0 Å². The first-order valence-electron chi connectivity index (χ1n) is 10.9. The number of halogens is 1. The molecule has 0 radical (unpaired) electrons. The van der Waals surface area contributed by atoms with Crippen molar-refractivity contribution in [1.82, 2.24) is 14.9 Å². The predicted octanol–water partition coefficient (Wildman–Crippen LogP) is 4.56. The van der Waals surface area contributed by atoms with Crippen molar-refractivity contribution >= 4 is 11.9 Å². The van der Waals surface area contributed by atoms with Crippen molar-refractivity contribution in [2.45, 2.75) is 38.1 Å². The van der Waals surface area contributed by atoms with Gasteiger partial charge >= 0.3 is 0 Å². The summed E-state index contributed by atoms with van der Waals surface area (Å²) in [7, 11) is 1.63. The fraction of sp³-hybridized carbons (Fsp3) is 0.320. The van der Waals surface area contributed by atoms with Crippen molar-refractivity contribution in [3.63, 3.8) is 0 Å². The Hall–Kier alpha value is -3.48. The molecule has 2 heterocycles. The molecule has 4 rings (SSSR count). The molecule has 1 atom stereocenters. The van der Waals surface area contributed by atoms with E-state index in [1.165, 1.54) is 12.1 Å². The molecule has 1 amide bonds. The molecule has 1 unspecified atom stereocenters. The summed E-state index contributed by atoms with van der Waals surface area (Å²) in [6.07, 6.45) is 5.39. The Labute approximate surface area is 187 Å². The third kappa shape index (κ3) is 4.88. The van der Waals surface area contributed by atoms with Gasteiger partial charge in [-0.05, 0) is 61.1 Å². The molecule has 3 aromatic rings. The molecule has 0 aliphatic carbocycles. The minimum absolute atomic E-state index is 0.0768. The first-order valence-corrected chi connectivity index (χ1v) is 10.9. The van der Waals surface area contributed by atoms with Crippen molar-refractivity contribution in [2.75, 3.05) is 19.4 Å². The Morgan fingerprint density at radius 2 is 2.03 bits per heavy atom. The largest absolute Gasteiger partial charge is 0.497 e. The number of hydrogen-bond acceptors (Lipinski definition) is 5. The second-order valence-electron chi connectivity index (χ2n) is 7.98. The third-order valence-electron chi connectivity index (χ3n) is 5.90. The lowest BCUT2D eigenvalue weighted by atomic mass is 9.93. The van der Waals surface area contributed by atoms with E-state index < -0.39 is 0 Å². The van der Waals surface area contributed by atoms with Crippen LogP contribution < -0.4 is 10.5 Å². The third-order valence-corrected chi connectivity index (χ3v) is 5.90. The van der Waals surface area contributed by atoms with Crippen molar-refractivity contribution in [3.8, 4) is 16.9 Å². The Kier molecular flexibility index (Phi) is 6.63. The maximum absolute atomic E-state index is 13.9. The van der Waals surface area contributed by atoms with Gasteiger partial charge in [0.15, 0.2) is 0 Å². The van der Waals surface area contributed by atoms with Crippen LogP contribution in [0.5, 0.6) is 5.75 Å². The Balaban J connectivity index is 1.58. The van der Waals surface area contributed by atoms with Crippen molar-refractivity contribution in [3.05, 3.63) is 71.8 Å². The number of amides is 1. The van der Waals surface area contributed by atoms with Gasteiger partial charge in [0.25, 0.3) is 0 Å². The molecular weight excluding hydrogens is 407 g/mol. The first-order chi connectivity index (χ1) is 15.5. The van der Waals surface area contributed by atoms with Gasteiger partial charge < -0.3 is 15.4 Å². The monoisotopic (exact) mass is 434 g/mol. The number of aryl methyl sites for hydroxylation is 1. The molecule has 1 saturated heterocycles. The first kappa shape index (κ1) is 21.7. The van der Waals surface area contributed by atoms with E-state index in [2.05, 4.69) is 9.97 Å². The number of nitrogens with two attached hydrogens (primary N) is 1. The van der Waals surface area contributed by atoms with E-state index in [9.17, 15) is 9.18 Å². The number of carbonyl (C=O) groups is 1. The molecule has 2 aromatic carbocycles. The quantitative estimate of drug-likeness (QED) is 0.615. The summed E-state index contributed by atoms with van der Waals surface area (Å²) in [4.78, 5) is 23.8. The zero-order valence-corrected chi connectivity index (χ0v) is 18.1. The van der Waals surface area contributed by atoms with E-state index >= 15 is 0 Å². The average Bonchev–Trinajstić information content (AvgIpc) is 2.83. The van der Waals surface area contributed by atoms with Crippen LogP contribution in [0.4, 0.5) is 10.3 Å². The SMILES string of the molecule is COc1ccc(CCC(=O)N2CCCCC2c2nc(N)ncc2-c2cccc(F)c2)cc1. The van der Waals surface area contributed by atoms with E-state index in [1.54, 1.807) is 19.4 Å². The zero-order chi connectivity index (χ0) is 22.5. The number of likely N-dealkylation sites (tertiary alicyclic amines) is 1. The smallest absolute Gasteiger partial charge is 0.223 e. The molecule has 0 spiro atoms. The number of ether oxygens (including phenoxy) is 1. The number of carbonyl (C=O) groups excluding carboxylic acids is 1. The molecule has 1 aliphatic rings. The number of aromatic nitrogens is 2. The molecule has 2 N–H and O–H groups in total. The van der Waals surface area contributed by atoms with Gasteiger partial charge in [0, 0.05) is 24.7 Å². The van der Waals surface area contributed by atoms with E-state index in [0.29, 0.717) is 36.2 Å². The molecule has 0 bridgehead atoms. The normalized spacial score (nSPS) is 16.1. The lowest BCUT2D eigenvalue weighted by Crippen LogP contribution is -2.39. The van der Waals surface area contributed by atoms with Crippen LogP contribution in [0.1, 0.15) is 43.0 Å². The van der Waals surface area contributed by atoms with E-state index in [1.807, 2.05) is 35.2 Å². The summed E-state index contributed by atoms with van der Waals surface area (Å²) in [5, 5.41) is 0. The van der Waals surface area contributed by atoms with Crippen LogP contribution in [-0.2, 0) is 11.2 Å². The van der Waals surface area contributed by atoms with Crippen LogP contribution in [0.3, 0.4) is 0 Å². The molecule has 1 fully saturated rings. The van der Waals surface area contributed by atoms with Crippen molar-refractivity contribution < 1.29 is 13.9 Å². The van der Waals surface area contributed by atoms with Crippen LogP contribution in [0, 0.1) is 5.82 Å². The van der Waals surface area contributed by atoms with Gasteiger partial charge in [-0.15, -0.1) is 0 Å². The van der Waals surface area contributed by atoms with Crippen LogP contribution in [-0.4, -0.2) is 34.4 Å². The Morgan fingerprint density at radius 3 is 2.78 bits per heavy atom. The summed E-state index contributed by atoms with van der Waals surface area (Å²) in [5.74, 6) is 0.688. The molecule has 6 nitrogen and oxygen atoms in total. The zero-order valence-electron chi connectivity index (χ0n) is 18.1. The fourth-order valence-electron chi connectivity index (χ4n) is 4.24. The summed E-state index contributed by atoms with van der Waals surface area (Å²) >= 11 is 0. The lowest BCUT2D eigenvalue weighted by molar-refractivity contribution is -0.135. The van der Waals surface area contributed by atoms with Crippen LogP contribution in [0.15, 0.2) is 54.7 Å². The molecule has 1 aliphatic heterocycles. The van der Waals surface area contributed by atoms with Gasteiger partial charge in [-0.3, -0.25) is 4.79 Å². The second kappa shape index (κ2) is 9.77. The number of piperidine rings is 1. The summed E-state index contributed by atoms with van der Waals surface area (Å²) in [6.45, 7) is 0.665. The number of hydrogen-bond donors (Lipinski definition) is 1.